The molecule has 1 unspecified atom stereocenters. The smallest absolute Gasteiger partial charge is 0.225 e. The Hall–Kier alpha value is -2.53. The largest absolute Gasteiger partial charge is 0.497 e. The van der Waals surface area contributed by atoms with E-state index in [4.69, 9.17) is 9.47 Å². The van der Waals surface area contributed by atoms with Crippen molar-refractivity contribution in [2.45, 2.75) is 19.4 Å². The first-order valence-corrected chi connectivity index (χ1v) is 7.94. The van der Waals surface area contributed by atoms with Crippen LogP contribution < -0.4 is 20.1 Å². The first kappa shape index (κ1) is 17.8. The van der Waals surface area contributed by atoms with Crippen molar-refractivity contribution in [3.63, 3.8) is 0 Å². The van der Waals surface area contributed by atoms with Crippen LogP contribution in [0.5, 0.6) is 11.5 Å². The third kappa shape index (κ3) is 4.99. The van der Waals surface area contributed by atoms with E-state index in [1.54, 1.807) is 32.4 Å². The Bertz CT molecular complexity index is 659. The third-order valence-corrected chi connectivity index (χ3v) is 3.78. The molecule has 0 spiro atoms. The molecule has 0 aromatic heterocycles. The van der Waals surface area contributed by atoms with Gasteiger partial charge in [-0.2, -0.15) is 0 Å². The topological polar surface area (TPSA) is 59.6 Å². The normalized spacial score (nSPS) is 11.6. The van der Waals surface area contributed by atoms with Gasteiger partial charge in [0.05, 0.1) is 19.9 Å². The minimum absolute atomic E-state index is 0.0747. The first-order chi connectivity index (χ1) is 11.6. The number of rotatable bonds is 8. The monoisotopic (exact) mass is 328 g/mol. The van der Waals surface area contributed by atoms with Gasteiger partial charge in [-0.1, -0.05) is 30.3 Å². The highest BCUT2D eigenvalue weighted by Crippen LogP contribution is 2.28. The summed E-state index contributed by atoms with van der Waals surface area (Å²) in [7, 11) is 3.16. The predicted octanol–water partition coefficient (Wildman–Crippen LogP) is 3.38. The van der Waals surface area contributed by atoms with Gasteiger partial charge in [-0.05, 0) is 24.6 Å². The summed E-state index contributed by atoms with van der Waals surface area (Å²) in [4.78, 5) is 12.2. The zero-order chi connectivity index (χ0) is 17.4. The lowest BCUT2D eigenvalue weighted by molar-refractivity contribution is -0.116. The molecular weight excluding hydrogens is 304 g/mol. The van der Waals surface area contributed by atoms with Crippen LogP contribution in [0, 0.1) is 0 Å². The highest BCUT2D eigenvalue weighted by Gasteiger charge is 2.10. The van der Waals surface area contributed by atoms with Gasteiger partial charge in [-0.15, -0.1) is 0 Å². The average Bonchev–Trinajstić information content (AvgIpc) is 2.62. The maximum absolute atomic E-state index is 12.2. The number of anilines is 1. The number of carbonyl (C=O) groups excluding carboxylic acids is 1. The van der Waals surface area contributed by atoms with Gasteiger partial charge in [0.2, 0.25) is 5.91 Å². The SMILES string of the molecule is COc1ccc(OC)c(NC(=O)CCNC(C)c2ccccc2)c1. The Morgan fingerprint density at radius 2 is 1.83 bits per heavy atom. The van der Waals surface area contributed by atoms with Crippen LogP contribution in [-0.2, 0) is 4.79 Å². The van der Waals surface area contributed by atoms with E-state index in [-0.39, 0.29) is 11.9 Å². The van der Waals surface area contributed by atoms with Crippen LogP contribution in [0.2, 0.25) is 0 Å². The molecule has 128 valence electrons. The maximum Gasteiger partial charge on any atom is 0.225 e. The minimum Gasteiger partial charge on any atom is -0.497 e. The molecule has 1 amide bonds. The van der Waals surface area contributed by atoms with Gasteiger partial charge in [-0.25, -0.2) is 0 Å². The van der Waals surface area contributed by atoms with Gasteiger partial charge in [0, 0.05) is 25.1 Å². The summed E-state index contributed by atoms with van der Waals surface area (Å²) in [5.41, 5.74) is 1.81. The van der Waals surface area contributed by atoms with Crippen LogP contribution in [0.25, 0.3) is 0 Å². The van der Waals surface area contributed by atoms with Crippen LogP contribution in [0.3, 0.4) is 0 Å². The fraction of sp³-hybridized carbons (Fsp3) is 0.316. The average molecular weight is 328 g/mol. The number of nitrogens with one attached hydrogen (secondary N) is 2. The lowest BCUT2D eigenvalue weighted by Crippen LogP contribution is -2.24. The second-order valence-corrected chi connectivity index (χ2v) is 5.45. The third-order valence-electron chi connectivity index (χ3n) is 3.78. The van der Waals surface area contributed by atoms with E-state index in [0.29, 0.717) is 30.2 Å². The van der Waals surface area contributed by atoms with Gasteiger partial charge >= 0.3 is 0 Å². The Balaban J connectivity index is 1.85. The van der Waals surface area contributed by atoms with Crippen molar-refractivity contribution < 1.29 is 14.3 Å². The van der Waals surface area contributed by atoms with E-state index >= 15 is 0 Å². The maximum atomic E-state index is 12.2. The van der Waals surface area contributed by atoms with Crippen LogP contribution in [0.1, 0.15) is 24.9 Å². The molecule has 0 saturated carbocycles. The fourth-order valence-electron chi connectivity index (χ4n) is 2.39. The molecule has 5 nitrogen and oxygen atoms in total. The van der Waals surface area contributed by atoms with Gasteiger partial charge in [0.15, 0.2) is 0 Å². The Morgan fingerprint density at radius 1 is 1.08 bits per heavy atom. The molecule has 0 aliphatic heterocycles. The van der Waals surface area contributed by atoms with Crippen LogP contribution in [0.15, 0.2) is 48.5 Å². The number of amides is 1. The van der Waals surface area contributed by atoms with Gasteiger partial charge in [-0.3, -0.25) is 4.79 Å². The van der Waals surface area contributed by atoms with E-state index in [2.05, 4.69) is 29.7 Å². The Kier molecular flexibility index (Phi) is 6.63. The van der Waals surface area contributed by atoms with Gasteiger partial charge in [0.1, 0.15) is 11.5 Å². The van der Waals surface area contributed by atoms with Crippen molar-refractivity contribution in [2.24, 2.45) is 0 Å². The molecule has 0 aliphatic carbocycles. The molecule has 5 heteroatoms. The summed E-state index contributed by atoms with van der Waals surface area (Å²) in [6.07, 6.45) is 0.373. The van der Waals surface area contributed by atoms with E-state index in [1.165, 1.54) is 5.56 Å². The number of ether oxygens (including phenoxy) is 2. The lowest BCUT2D eigenvalue weighted by Gasteiger charge is -2.15. The number of carbonyl (C=O) groups is 1. The molecule has 2 aromatic carbocycles. The number of hydrogen-bond acceptors (Lipinski definition) is 4. The van der Waals surface area contributed by atoms with Crippen LogP contribution >= 0.6 is 0 Å². The molecule has 1 atom stereocenters. The van der Waals surface area contributed by atoms with E-state index in [0.717, 1.165) is 0 Å². The highest BCUT2D eigenvalue weighted by atomic mass is 16.5. The second-order valence-electron chi connectivity index (χ2n) is 5.45. The number of benzene rings is 2. The molecule has 0 aliphatic rings. The van der Waals surface area contributed by atoms with Crippen LogP contribution in [-0.4, -0.2) is 26.7 Å². The molecule has 0 saturated heterocycles. The molecule has 0 radical (unpaired) electrons. The standard InChI is InChI=1S/C19H24N2O3/c1-14(15-7-5-4-6-8-15)20-12-11-19(22)21-17-13-16(23-2)9-10-18(17)24-3/h4-10,13-14,20H,11-12H2,1-3H3,(H,21,22). The fourth-order valence-corrected chi connectivity index (χ4v) is 2.39. The summed E-state index contributed by atoms with van der Waals surface area (Å²) < 4.78 is 10.4. The lowest BCUT2D eigenvalue weighted by atomic mass is 10.1. The van der Waals surface area contributed by atoms with Crippen molar-refractivity contribution in [2.75, 3.05) is 26.1 Å². The van der Waals surface area contributed by atoms with E-state index in [9.17, 15) is 4.79 Å². The molecule has 0 heterocycles. The summed E-state index contributed by atoms with van der Waals surface area (Å²) in [6.45, 7) is 2.67. The van der Waals surface area contributed by atoms with Gasteiger partial charge < -0.3 is 20.1 Å². The number of hydrogen-bond donors (Lipinski definition) is 2. The highest BCUT2D eigenvalue weighted by molar-refractivity contribution is 5.92. The van der Waals surface area contributed by atoms with Crippen molar-refractivity contribution in [3.05, 3.63) is 54.1 Å². The first-order valence-electron chi connectivity index (χ1n) is 7.94. The summed E-state index contributed by atoms with van der Waals surface area (Å²) >= 11 is 0. The van der Waals surface area contributed by atoms with Crippen molar-refractivity contribution in [3.8, 4) is 11.5 Å². The minimum atomic E-state index is -0.0747. The summed E-state index contributed by atoms with van der Waals surface area (Å²) in [5, 5.41) is 6.22. The van der Waals surface area contributed by atoms with E-state index < -0.39 is 0 Å². The van der Waals surface area contributed by atoms with E-state index in [1.807, 2.05) is 18.2 Å². The Labute approximate surface area is 143 Å². The molecule has 2 rings (SSSR count). The Morgan fingerprint density at radius 3 is 2.50 bits per heavy atom. The van der Waals surface area contributed by atoms with Gasteiger partial charge in [0.25, 0.3) is 0 Å². The van der Waals surface area contributed by atoms with Crippen LogP contribution in [0.4, 0.5) is 5.69 Å². The number of methoxy groups -OCH3 is 2. The zero-order valence-corrected chi connectivity index (χ0v) is 14.3. The van der Waals surface area contributed by atoms with Crippen molar-refractivity contribution >= 4 is 11.6 Å². The molecule has 0 bridgehead atoms. The molecular formula is C19H24N2O3. The molecule has 24 heavy (non-hydrogen) atoms. The predicted molar refractivity (Wildman–Crippen MR) is 95.7 cm³/mol. The quantitative estimate of drug-likeness (QED) is 0.780. The molecule has 2 aromatic rings. The molecule has 0 fully saturated rings. The second kappa shape index (κ2) is 8.93. The zero-order valence-electron chi connectivity index (χ0n) is 14.3. The van der Waals surface area contributed by atoms with Crippen molar-refractivity contribution in [1.82, 2.24) is 5.32 Å². The summed E-state index contributed by atoms with van der Waals surface area (Å²) in [6, 6.07) is 15.6. The summed E-state index contributed by atoms with van der Waals surface area (Å²) in [5.74, 6) is 1.20. The molecule has 2 N–H and O–H groups in total. The van der Waals surface area contributed by atoms with Crippen molar-refractivity contribution in [1.29, 1.82) is 0 Å².